The number of aryl methyl sites for hydroxylation is 1. The number of benzene rings is 1. The lowest BCUT2D eigenvalue weighted by molar-refractivity contribution is 0.0949. The third-order valence-corrected chi connectivity index (χ3v) is 5.84. The van der Waals surface area contributed by atoms with Crippen molar-refractivity contribution in [2.45, 2.75) is 34.6 Å². The van der Waals surface area contributed by atoms with Crippen LogP contribution in [0.15, 0.2) is 22.7 Å². The molecule has 1 aliphatic rings. The molecular weight excluding hydrogens is 302 g/mol. The molecule has 104 valence electrons. The van der Waals surface area contributed by atoms with E-state index in [-0.39, 0.29) is 5.91 Å². The summed E-state index contributed by atoms with van der Waals surface area (Å²) in [5.74, 6) is 0.557. The normalized spacial score (nSPS) is 20.1. The van der Waals surface area contributed by atoms with E-state index in [1.807, 2.05) is 25.1 Å². The molecule has 1 amide bonds. The van der Waals surface area contributed by atoms with Gasteiger partial charge in [-0.05, 0) is 51.7 Å². The van der Waals surface area contributed by atoms with Gasteiger partial charge in [-0.25, -0.2) is 0 Å². The molecule has 0 bridgehead atoms. The summed E-state index contributed by atoms with van der Waals surface area (Å²) in [7, 11) is 0. The average Bonchev–Trinajstić information content (AvgIpc) is 2.70. The lowest BCUT2D eigenvalue weighted by Gasteiger charge is -2.08. The van der Waals surface area contributed by atoms with Crippen molar-refractivity contribution in [1.29, 1.82) is 0 Å². The van der Waals surface area contributed by atoms with Crippen molar-refractivity contribution in [2.24, 2.45) is 16.7 Å². The molecule has 0 atom stereocenters. The van der Waals surface area contributed by atoms with Crippen molar-refractivity contribution in [3.8, 4) is 0 Å². The van der Waals surface area contributed by atoms with Crippen molar-refractivity contribution in [1.82, 2.24) is 5.32 Å². The lowest BCUT2D eigenvalue weighted by Crippen LogP contribution is -2.27. The molecule has 1 aromatic carbocycles. The van der Waals surface area contributed by atoms with Crippen molar-refractivity contribution in [3.05, 3.63) is 33.8 Å². The zero-order valence-electron chi connectivity index (χ0n) is 12.3. The number of carbonyl (C=O) groups excluding carboxylic acids is 1. The summed E-state index contributed by atoms with van der Waals surface area (Å²) in [4.78, 5) is 12.2. The Hall–Kier alpha value is -0.830. The first-order chi connectivity index (χ1) is 8.68. The molecule has 3 heteroatoms. The number of hydrogen-bond donors (Lipinski definition) is 1. The maximum atomic E-state index is 12.2. The lowest BCUT2D eigenvalue weighted by atomic mass is 10.0. The number of amides is 1. The van der Waals surface area contributed by atoms with Crippen LogP contribution >= 0.6 is 15.9 Å². The predicted octanol–water partition coefficient (Wildman–Crippen LogP) is 4.17. The van der Waals surface area contributed by atoms with Crippen molar-refractivity contribution >= 4 is 21.8 Å². The quantitative estimate of drug-likeness (QED) is 0.888. The SMILES string of the molecule is Cc1ccc(Br)c(C(=O)NCC2C(C)(C)C2(C)C)c1. The molecule has 0 aromatic heterocycles. The van der Waals surface area contributed by atoms with E-state index in [4.69, 9.17) is 0 Å². The van der Waals surface area contributed by atoms with E-state index in [1.54, 1.807) is 0 Å². The molecule has 0 saturated heterocycles. The largest absolute Gasteiger partial charge is 0.352 e. The number of nitrogens with one attached hydrogen (secondary N) is 1. The Morgan fingerprint density at radius 1 is 1.26 bits per heavy atom. The van der Waals surface area contributed by atoms with Crippen LogP contribution in [-0.2, 0) is 0 Å². The van der Waals surface area contributed by atoms with E-state index in [2.05, 4.69) is 48.9 Å². The first-order valence-electron chi connectivity index (χ1n) is 6.72. The molecule has 0 spiro atoms. The summed E-state index contributed by atoms with van der Waals surface area (Å²) in [6.45, 7) is 11.8. The van der Waals surface area contributed by atoms with E-state index in [0.29, 0.717) is 16.7 Å². The van der Waals surface area contributed by atoms with E-state index in [1.165, 1.54) is 0 Å². The van der Waals surface area contributed by atoms with Gasteiger partial charge >= 0.3 is 0 Å². The molecular formula is C16H22BrNO. The highest BCUT2D eigenvalue weighted by molar-refractivity contribution is 9.10. The van der Waals surface area contributed by atoms with E-state index in [9.17, 15) is 4.79 Å². The van der Waals surface area contributed by atoms with Crippen molar-refractivity contribution < 1.29 is 4.79 Å². The zero-order chi connectivity index (χ0) is 14.4. The fourth-order valence-corrected chi connectivity index (χ4v) is 3.37. The molecule has 0 aliphatic heterocycles. The Bertz CT molecular complexity index is 505. The monoisotopic (exact) mass is 323 g/mol. The molecule has 1 aliphatic carbocycles. The number of rotatable bonds is 3. The molecule has 2 rings (SSSR count). The molecule has 2 nitrogen and oxygen atoms in total. The van der Waals surface area contributed by atoms with Crippen LogP contribution in [0, 0.1) is 23.7 Å². The van der Waals surface area contributed by atoms with Crippen LogP contribution in [0.5, 0.6) is 0 Å². The Morgan fingerprint density at radius 2 is 1.84 bits per heavy atom. The van der Waals surface area contributed by atoms with Crippen LogP contribution in [0.2, 0.25) is 0 Å². The summed E-state index contributed by atoms with van der Waals surface area (Å²) >= 11 is 3.44. The minimum atomic E-state index is 0.00840. The van der Waals surface area contributed by atoms with Gasteiger partial charge in [0.1, 0.15) is 0 Å². The van der Waals surface area contributed by atoms with Gasteiger partial charge in [-0.15, -0.1) is 0 Å². The molecule has 19 heavy (non-hydrogen) atoms. The van der Waals surface area contributed by atoms with Crippen molar-refractivity contribution in [3.63, 3.8) is 0 Å². The fraction of sp³-hybridized carbons (Fsp3) is 0.562. The van der Waals surface area contributed by atoms with Gasteiger partial charge in [0.2, 0.25) is 0 Å². The first kappa shape index (κ1) is 14.6. The van der Waals surface area contributed by atoms with Gasteiger partial charge < -0.3 is 5.32 Å². The van der Waals surface area contributed by atoms with Crippen LogP contribution in [0.25, 0.3) is 0 Å². The van der Waals surface area contributed by atoms with Crippen LogP contribution in [0.1, 0.15) is 43.6 Å². The Balaban J connectivity index is 2.02. The topological polar surface area (TPSA) is 29.1 Å². The molecule has 0 unspecified atom stereocenters. The molecule has 1 saturated carbocycles. The molecule has 0 radical (unpaired) electrons. The predicted molar refractivity (Wildman–Crippen MR) is 82.3 cm³/mol. The number of halogens is 1. The Kier molecular flexibility index (Phi) is 3.54. The Morgan fingerprint density at radius 3 is 2.37 bits per heavy atom. The third kappa shape index (κ3) is 2.45. The van der Waals surface area contributed by atoms with E-state index < -0.39 is 0 Å². The van der Waals surface area contributed by atoms with Crippen LogP contribution in [-0.4, -0.2) is 12.5 Å². The highest BCUT2D eigenvalue weighted by atomic mass is 79.9. The van der Waals surface area contributed by atoms with Gasteiger partial charge in [-0.1, -0.05) is 39.3 Å². The molecule has 1 aromatic rings. The maximum absolute atomic E-state index is 12.2. The van der Waals surface area contributed by atoms with Gasteiger partial charge in [-0.2, -0.15) is 0 Å². The second kappa shape index (κ2) is 4.62. The summed E-state index contributed by atoms with van der Waals surface area (Å²) < 4.78 is 0.852. The summed E-state index contributed by atoms with van der Waals surface area (Å²) in [6.07, 6.45) is 0. The second-order valence-electron chi connectivity index (χ2n) is 6.69. The minimum Gasteiger partial charge on any atom is -0.352 e. The smallest absolute Gasteiger partial charge is 0.252 e. The third-order valence-electron chi connectivity index (χ3n) is 5.15. The van der Waals surface area contributed by atoms with E-state index in [0.717, 1.165) is 22.1 Å². The second-order valence-corrected chi connectivity index (χ2v) is 7.54. The Labute approximate surface area is 124 Å². The highest BCUT2D eigenvalue weighted by Crippen LogP contribution is 2.67. The van der Waals surface area contributed by atoms with E-state index >= 15 is 0 Å². The standard InChI is InChI=1S/C16H22BrNO/c1-10-6-7-12(17)11(8-10)14(19)18-9-13-15(2,3)16(13,4)5/h6-8,13H,9H2,1-5H3,(H,18,19). The van der Waals surface area contributed by atoms with Gasteiger partial charge in [0.15, 0.2) is 0 Å². The summed E-state index contributed by atoms with van der Waals surface area (Å²) in [6, 6.07) is 5.84. The van der Waals surface area contributed by atoms with Gasteiger partial charge in [0, 0.05) is 11.0 Å². The van der Waals surface area contributed by atoms with Crippen LogP contribution in [0.3, 0.4) is 0 Å². The summed E-state index contributed by atoms with van der Waals surface area (Å²) in [5.41, 5.74) is 2.44. The molecule has 1 N–H and O–H groups in total. The fourth-order valence-electron chi connectivity index (χ4n) is 2.95. The van der Waals surface area contributed by atoms with Gasteiger partial charge in [0.25, 0.3) is 5.91 Å². The summed E-state index contributed by atoms with van der Waals surface area (Å²) in [5, 5.41) is 3.07. The molecule has 1 fully saturated rings. The van der Waals surface area contributed by atoms with Crippen LogP contribution in [0.4, 0.5) is 0 Å². The maximum Gasteiger partial charge on any atom is 0.252 e. The number of hydrogen-bond acceptors (Lipinski definition) is 1. The average molecular weight is 324 g/mol. The van der Waals surface area contributed by atoms with Crippen LogP contribution < -0.4 is 5.32 Å². The van der Waals surface area contributed by atoms with Gasteiger partial charge in [-0.3, -0.25) is 4.79 Å². The minimum absolute atomic E-state index is 0.00840. The zero-order valence-corrected chi connectivity index (χ0v) is 13.9. The van der Waals surface area contributed by atoms with Crippen molar-refractivity contribution in [2.75, 3.05) is 6.54 Å². The van der Waals surface area contributed by atoms with Gasteiger partial charge in [0.05, 0.1) is 5.56 Å². The number of carbonyl (C=O) groups is 1. The first-order valence-corrected chi connectivity index (χ1v) is 7.51. The molecule has 0 heterocycles. The highest BCUT2D eigenvalue weighted by Gasteiger charge is 2.64.